The van der Waals surface area contributed by atoms with Crippen molar-refractivity contribution >= 4 is 11.9 Å². The zero-order chi connectivity index (χ0) is 20.9. The summed E-state index contributed by atoms with van der Waals surface area (Å²) in [6.45, 7) is -0.107. The van der Waals surface area contributed by atoms with E-state index in [1.165, 1.54) is 7.11 Å². The van der Waals surface area contributed by atoms with Crippen LogP contribution in [0, 0.1) is 0 Å². The van der Waals surface area contributed by atoms with Crippen LogP contribution in [0.15, 0.2) is 65.1 Å². The first-order valence-corrected chi connectivity index (χ1v) is 10.2. The fourth-order valence-corrected chi connectivity index (χ4v) is 3.90. The molecule has 2 aromatic carbocycles. The lowest BCUT2D eigenvalue weighted by atomic mass is 10.1. The molecule has 6 heteroatoms. The molecule has 4 rings (SSSR count). The molecule has 1 saturated carbocycles. The maximum atomic E-state index is 13.4. The van der Waals surface area contributed by atoms with Gasteiger partial charge in [0, 0.05) is 17.2 Å². The second kappa shape index (κ2) is 8.95. The summed E-state index contributed by atoms with van der Waals surface area (Å²) in [5.74, 6) is -0.307. The Kier molecular flexibility index (Phi) is 5.93. The van der Waals surface area contributed by atoms with Crippen LogP contribution in [-0.2, 0) is 9.53 Å². The predicted octanol–water partition coefficient (Wildman–Crippen LogP) is 4.57. The van der Waals surface area contributed by atoms with Gasteiger partial charge in [-0.2, -0.15) is 0 Å². The maximum Gasteiger partial charge on any atom is 0.325 e. The Labute approximate surface area is 175 Å². The van der Waals surface area contributed by atoms with Crippen LogP contribution < -0.4 is 0 Å². The Morgan fingerprint density at radius 2 is 1.60 bits per heavy atom. The molecule has 0 radical (unpaired) electrons. The van der Waals surface area contributed by atoms with E-state index in [0.717, 1.165) is 36.8 Å². The lowest BCUT2D eigenvalue weighted by Crippen LogP contribution is -2.42. The number of methoxy groups -OCH3 is 1. The Bertz CT molecular complexity index is 951. The third-order valence-electron chi connectivity index (χ3n) is 5.45. The van der Waals surface area contributed by atoms with Gasteiger partial charge in [-0.15, -0.1) is 0 Å². The number of ether oxygens (including phenoxy) is 1. The van der Waals surface area contributed by atoms with Crippen LogP contribution in [-0.4, -0.2) is 41.5 Å². The largest absolute Gasteiger partial charge is 0.468 e. The van der Waals surface area contributed by atoms with Gasteiger partial charge in [0.2, 0.25) is 0 Å². The van der Waals surface area contributed by atoms with E-state index in [1.807, 2.05) is 60.7 Å². The van der Waals surface area contributed by atoms with Gasteiger partial charge in [0.15, 0.2) is 5.76 Å². The van der Waals surface area contributed by atoms with Crippen molar-refractivity contribution in [2.45, 2.75) is 31.7 Å². The van der Waals surface area contributed by atoms with Crippen LogP contribution in [0.1, 0.15) is 36.4 Å². The van der Waals surface area contributed by atoms with Gasteiger partial charge in [-0.05, 0) is 12.8 Å². The highest BCUT2D eigenvalue weighted by atomic mass is 16.5. The quantitative estimate of drug-likeness (QED) is 0.563. The topological polar surface area (TPSA) is 72.6 Å². The van der Waals surface area contributed by atoms with E-state index in [0.29, 0.717) is 11.5 Å². The van der Waals surface area contributed by atoms with Crippen LogP contribution in [0.5, 0.6) is 0 Å². The first-order valence-electron chi connectivity index (χ1n) is 10.2. The third-order valence-corrected chi connectivity index (χ3v) is 5.45. The monoisotopic (exact) mass is 404 g/mol. The average molecular weight is 404 g/mol. The molecule has 1 fully saturated rings. The van der Waals surface area contributed by atoms with Gasteiger partial charge in [0.1, 0.15) is 12.2 Å². The molecule has 0 aliphatic heterocycles. The lowest BCUT2D eigenvalue weighted by Gasteiger charge is -2.26. The van der Waals surface area contributed by atoms with E-state index in [-0.39, 0.29) is 24.4 Å². The molecular formula is C24H24N2O4. The van der Waals surface area contributed by atoms with Gasteiger partial charge >= 0.3 is 11.9 Å². The van der Waals surface area contributed by atoms with E-state index >= 15 is 0 Å². The molecule has 0 unspecified atom stereocenters. The molecule has 30 heavy (non-hydrogen) atoms. The number of amides is 1. The predicted molar refractivity (Wildman–Crippen MR) is 113 cm³/mol. The summed E-state index contributed by atoms with van der Waals surface area (Å²) in [5, 5.41) is 0. The van der Waals surface area contributed by atoms with Crippen molar-refractivity contribution in [3.63, 3.8) is 0 Å². The molecule has 1 heterocycles. The average Bonchev–Trinajstić information content (AvgIpc) is 3.48. The van der Waals surface area contributed by atoms with Crippen LogP contribution in [0.2, 0.25) is 0 Å². The summed E-state index contributed by atoms with van der Waals surface area (Å²) in [5.41, 5.74) is 2.30. The van der Waals surface area contributed by atoms with Crippen molar-refractivity contribution < 1.29 is 18.7 Å². The highest BCUT2D eigenvalue weighted by Crippen LogP contribution is 2.33. The van der Waals surface area contributed by atoms with Crippen LogP contribution in [0.3, 0.4) is 0 Å². The van der Waals surface area contributed by atoms with Crippen molar-refractivity contribution in [2.75, 3.05) is 13.7 Å². The molecule has 0 atom stereocenters. The first-order chi connectivity index (χ1) is 14.7. The van der Waals surface area contributed by atoms with E-state index < -0.39 is 5.97 Å². The molecule has 6 nitrogen and oxygen atoms in total. The SMILES string of the molecule is COC(=O)CN(C(=O)c1nc(-c2ccccc2)c(-c2ccccc2)o1)C1CCCC1. The smallest absolute Gasteiger partial charge is 0.325 e. The first kappa shape index (κ1) is 19.9. The van der Waals surface area contributed by atoms with E-state index in [1.54, 1.807) is 4.90 Å². The van der Waals surface area contributed by atoms with Gasteiger partial charge in [0.05, 0.1) is 7.11 Å². The van der Waals surface area contributed by atoms with Crippen LogP contribution in [0.25, 0.3) is 22.6 Å². The number of carbonyl (C=O) groups excluding carboxylic acids is 2. The summed E-state index contributed by atoms with van der Waals surface area (Å²) < 4.78 is 10.8. The molecule has 0 spiro atoms. The lowest BCUT2D eigenvalue weighted by molar-refractivity contribution is -0.141. The fraction of sp³-hybridized carbons (Fsp3) is 0.292. The normalized spacial score (nSPS) is 13.9. The molecule has 1 aliphatic carbocycles. The molecule has 0 N–H and O–H groups in total. The van der Waals surface area contributed by atoms with Gasteiger partial charge in [-0.25, -0.2) is 4.98 Å². The van der Waals surface area contributed by atoms with Crippen molar-refractivity contribution in [3.05, 3.63) is 66.6 Å². The van der Waals surface area contributed by atoms with E-state index in [2.05, 4.69) is 4.98 Å². The molecular weight excluding hydrogens is 380 g/mol. The highest BCUT2D eigenvalue weighted by molar-refractivity contribution is 5.94. The second-order valence-electron chi connectivity index (χ2n) is 7.38. The number of aromatic nitrogens is 1. The molecule has 0 bridgehead atoms. The zero-order valence-electron chi connectivity index (χ0n) is 16.9. The van der Waals surface area contributed by atoms with Crippen LogP contribution in [0.4, 0.5) is 0 Å². The molecule has 1 amide bonds. The number of nitrogens with zero attached hydrogens (tertiary/aromatic N) is 2. The van der Waals surface area contributed by atoms with Crippen molar-refractivity contribution in [1.29, 1.82) is 0 Å². The number of carbonyl (C=O) groups is 2. The number of esters is 1. The van der Waals surface area contributed by atoms with Gasteiger partial charge in [-0.1, -0.05) is 73.5 Å². The van der Waals surface area contributed by atoms with Gasteiger partial charge < -0.3 is 14.1 Å². The summed E-state index contributed by atoms with van der Waals surface area (Å²) >= 11 is 0. The number of hydrogen-bond acceptors (Lipinski definition) is 5. The standard InChI is InChI=1S/C24H24N2O4/c1-29-20(27)16-26(19-14-8-9-15-19)24(28)23-25-21(17-10-4-2-5-11-17)22(30-23)18-12-6-3-7-13-18/h2-7,10-13,19H,8-9,14-16H2,1H3. The number of rotatable bonds is 6. The Morgan fingerprint density at radius 1 is 1.00 bits per heavy atom. The van der Waals surface area contributed by atoms with Gasteiger partial charge in [0.25, 0.3) is 5.89 Å². The van der Waals surface area contributed by atoms with Crippen LogP contribution >= 0.6 is 0 Å². The van der Waals surface area contributed by atoms with Gasteiger partial charge in [-0.3, -0.25) is 9.59 Å². The number of benzene rings is 2. The minimum Gasteiger partial charge on any atom is -0.468 e. The minimum absolute atomic E-state index is 0.0103. The van der Waals surface area contributed by atoms with Crippen molar-refractivity contribution in [2.24, 2.45) is 0 Å². The maximum absolute atomic E-state index is 13.4. The molecule has 1 aromatic heterocycles. The number of oxazole rings is 1. The number of hydrogen-bond donors (Lipinski definition) is 0. The molecule has 3 aromatic rings. The summed E-state index contributed by atoms with van der Waals surface area (Å²) in [6, 6.07) is 19.2. The molecule has 0 saturated heterocycles. The van der Waals surface area contributed by atoms with Crippen molar-refractivity contribution in [3.8, 4) is 22.6 Å². The van der Waals surface area contributed by atoms with E-state index in [4.69, 9.17) is 9.15 Å². The third kappa shape index (κ3) is 4.13. The molecule has 1 aliphatic rings. The Morgan fingerprint density at radius 3 is 2.20 bits per heavy atom. The van der Waals surface area contributed by atoms with E-state index in [9.17, 15) is 9.59 Å². The highest BCUT2D eigenvalue weighted by Gasteiger charge is 2.33. The fourth-order valence-electron chi connectivity index (χ4n) is 3.90. The minimum atomic E-state index is -0.451. The second-order valence-corrected chi connectivity index (χ2v) is 7.38. The summed E-state index contributed by atoms with van der Waals surface area (Å²) in [6.07, 6.45) is 3.79. The molecule has 154 valence electrons. The van der Waals surface area contributed by atoms with Crippen molar-refractivity contribution in [1.82, 2.24) is 9.88 Å². The summed E-state index contributed by atoms with van der Waals surface area (Å²) in [4.78, 5) is 31.5. The Balaban J connectivity index is 1.75. The zero-order valence-corrected chi connectivity index (χ0v) is 16.9. The summed E-state index contributed by atoms with van der Waals surface area (Å²) in [7, 11) is 1.33. The Hall–Kier alpha value is -3.41.